The van der Waals surface area contributed by atoms with E-state index in [4.69, 9.17) is 9.47 Å². The number of carbonyl (C=O) groups excluding carboxylic acids is 1. The molecule has 138 valence electrons. The first-order chi connectivity index (χ1) is 13.2. The van der Waals surface area contributed by atoms with Crippen molar-refractivity contribution in [1.29, 1.82) is 0 Å². The van der Waals surface area contributed by atoms with Crippen LogP contribution in [0.15, 0.2) is 72.8 Å². The Balaban J connectivity index is 1.66. The second-order valence-corrected chi connectivity index (χ2v) is 6.49. The molecule has 0 N–H and O–H groups in total. The van der Waals surface area contributed by atoms with Gasteiger partial charge in [-0.2, -0.15) is 0 Å². The van der Waals surface area contributed by atoms with Crippen LogP contribution in [-0.2, 0) is 17.8 Å². The molecule has 0 saturated carbocycles. The monoisotopic (exact) mass is 360 g/mol. The number of ether oxygens (including phenoxy) is 2. The SMILES string of the molecule is CCCc1ccc(-c2ccc(C(=O)Oc3ccc(COC)cc3)cc2)cc1. The first-order valence-corrected chi connectivity index (χ1v) is 9.19. The van der Waals surface area contributed by atoms with Crippen molar-refractivity contribution in [2.45, 2.75) is 26.4 Å². The number of hydrogen-bond donors (Lipinski definition) is 0. The molecule has 3 aromatic rings. The average molecular weight is 360 g/mol. The second-order valence-electron chi connectivity index (χ2n) is 6.49. The molecule has 0 saturated heterocycles. The number of benzene rings is 3. The standard InChI is InChI=1S/C24H24O3/c1-3-4-18-5-9-20(10-6-18)21-11-13-22(14-12-21)24(25)27-23-15-7-19(8-16-23)17-26-2/h5-16H,3-4,17H2,1-2H3. The first kappa shape index (κ1) is 18.9. The van der Waals surface area contributed by atoms with Gasteiger partial charge < -0.3 is 9.47 Å². The fourth-order valence-corrected chi connectivity index (χ4v) is 2.94. The minimum absolute atomic E-state index is 0.362. The van der Waals surface area contributed by atoms with E-state index in [0.717, 1.165) is 29.5 Å². The van der Waals surface area contributed by atoms with Gasteiger partial charge in [0.2, 0.25) is 0 Å². The van der Waals surface area contributed by atoms with Crippen molar-refractivity contribution < 1.29 is 14.3 Å². The number of rotatable bonds is 7. The third kappa shape index (κ3) is 5.05. The highest BCUT2D eigenvalue weighted by molar-refractivity contribution is 5.91. The van der Waals surface area contributed by atoms with E-state index in [1.807, 2.05) is 24.3 Å². The predicted octanol–water partition coefficient (Wildman–Crippen LogP) is 5.67. The van der Waals surface area contributed by atoms with E-state index < -0.39 is 0 Å². The summed E-state index contributed by atoms with van der Waals surface area (Å²) in [6.45, 7) is 2.72. The first-order valence-electron chi connectivity index (χ1n) is 9.19. The molecule has 0 amide bonds. The molecule has 0 heterocycles. The lowest BCUT2D eigenvalue weighted by atomic mass is 10.0. The molecule has 3 aromatic carbocycles. The van der Waals surface area contributed by atoms with E-state index in [1.165, 1.54) is 5.56 Å². The molecule has 0 aromatic heterocycles. The number of esters is 1. The van der Waals surface area contributed by atoms with E-state index in [1.54, 1.807) is 31.4 Å². The highest BCUT2D eigenvalue weighted by Gasteiger charge is 2.09. The molecule has 0 unspecified atom stereocenters. The maximum absolute atomic E-state index is 12.3. The second kappa shape index (κ2) is 9.15. The van der Waals surface area contributed by atoms with E-state index in [0.29, 0.717) is 17.9 Å². The summed E-state index contributed by atoms with van der Waals surface area (Å²) in [5.41, 5.74) is 5.13. The minimum Gasteiger partial charge on any atom is -0.423 e. The van der Waals surface area contributed by atoms with Gasteiger partial charge in [-0.15, -0.1) is 0 Å². The van der Waals surface area contributed by atoms with Crippen LogP contribution in [0.3, 0.4) is 0 Å². The van der Waals surface area contributed by atoms with Gasteiger partial charge in [0, 0.05) is 7.11 Å². The number of methoxy groups -OCH3 is 1. The zero-order chi connectivity index (χ0) is 19.1. The number of hydrogen-bond acceptors (Lipinski definition) is 3. The summed E-state index contributed by atoms with van der Waals surface area (Å²) in [5, 5.41) is 0. The van der Waals surface area contributed by atoms with Crippen molar-refractivity contribution in [3.8, 4) is 16.9 Å². The Bertz CT molecular complexity index is 863. The van der Waals surface area contributed by atoms with Crippen LogP contribution in [0, 0.1) is 0 Å². The molecule has 3 heteroatoms. The molecule has 27 heavy (non-hydrogen) atoms. The van der Waals surface area contributed by atoms with Crippen LogP contribution in [0.5, 0.6) is 5.75 Å². The van der Waals surface area contributed by atoms with Crippen LogP contribution in [0.1, 0.15) is 34.8 Å². The maximum atomic E-state index is 12.3. The Morgan fingerprint density at radius 2 is 1.33 bits per heavy atom. The van der Waals surface area contributed by atoms with Crippen LogP contribution in [-0.4, -0.2) is 13.1 Å². The quantitative estimate of drug-likeness (QED) is 0.402. The molecule has 0 radical (unpaired) electrons. The molecule has 0 spiro atoms. The summed E-state index contributed by atoms with van der Waals surface area (Å²) in [7, 11) is 1.65. The van der Waals surface area contributed by atoms with Crippen molar-refractivity contribution in [2.75, 3.05) is 7.11 Å². The molecule has 0 fully saturated rings. The van der Waals surface area contributed by atoms with Gasteiger partial charge in [0.1, 0.15) is 5.75 Å². The van der Waals surface area contributed by atoms with Crippen molar-refractivity contribution in [1.82, 2.24) is 0 Å². The maximum Gasteiger partial charge on any atom is 0.343 e. The Morgan fingerprint density at radius 3 is 1.89 bits per heavy atom. The molecule has 0 bridgehead atoms. The summed E-state index contributed by atoms with van der Waals surface area (Å²) < 4.78 is 10.5. The summed E-state index contributed by atoms with van der Waals surface area (Å²) in [5.74, 6) is 0.162. The topological polar surface area (TPSA) is 35.5 Å². The van der Waals surface area contributed by atoms with Crippen LogP contribution in [0.25, 0.3) is 11.1 Å². The Labute approximate surface area is 160 Å². The Hall–Kier alpha value is -2.91. The lowest BCUT2D eigenvalue weighted by molar-refractivity contribution is 0.0734. The fourth-order valence-electron chi connectivity index (χ4n) is 2.94. The van der Waals surface area contributed by atoms with Gasteiger partial charge in [-0.05, 0) is 52.9 Å². The van der Waals surface area contributed by atoms with E-state index in [2.05, 4.69) is 31.2 Å². The zero-order valence-electron chi connectivity index (χ0n) is 15.8. The molecule has 0 aliphatic rings. The highest BCUT2D eigenvalue weighted by atomic mass is 16.5. The molecular weight excluding hydrogens is 336 g/mol. The highest BCUT2D eigenvalue weighted by Crippen LogP contribution is 2.22. The molecule has 0 aliphatic carbocycles. The van der Waals surface area contributed by atoms with Crippen molar-refractivity contribution >= 4 is 5.97 Å². The lowest BCUT2D eigenvalue weighted by Crippen LogP contribution is -2.08. The minimum atomic E-state index is -0.362. The van der Waals surface area contributed by atoms with E-state index in [9.17, 15) is 4.79 Å². The van der Waals surface area contributed by atoms with Gasteiger partial charge >= 0.3 is 5.97 Å². The van der Waals surface area contributed by atoms with Crippen LogP contribution in [0.4, 0.5) is 0 Å². The number of aryl methyl sites for hydroxylation is 1. The molecule has 3 rings (SSSR count). The summed E-state index contributed by atoms with van der Waals surface area (Å²) in [4.78, 5) is 12.3. The lowest BCUT2D eigenvalue weighted by Gasteiger charge is -2.07. The third-order valence-corrected chi connectivity index (χ3v) is 4.39. The Kier molecular flexibility index (Phi) is 6.39. The van der Waals surface area contributed by atoms with Crippen LogP contribution < -0.4 is 4.74 Å². The summed E-state index contributed by atoms with van der Waals surface area (Å²) in [6, 6.07) is 23.4. The van der Waals surface area contributed by atoms with Gasteiger partial charge in [-0.3, -0.25) is 0 Å². The third-order valence-electron chi connectivity index (χ3n) is 4.39. The van der Waals surface area contributed by atoms with Gasteiger partial charge in [0.25, 0.3) is 0 Å². The van der Waals surface area contributed by atoms with Gasteiger partial charge in [-0.1, -0.05) is 61.9 Å². The van der Waals surface area contributed by atoms with E-state index in [-0.39, 0.29) is 5.97 Å². The van der Waals surface area contributed by atoms with E-state index >= 15 is 0 Å². The van der Waals surface area contributed by atoms with Crippen molar-refractivity contribution in [3.05, 3.63) is 89.5 Å². The Morgan fingerprint density at radius 1 is 0.778 bits per heavy atom. The van der Waals surface area contributed by atoms with Crippen molar-refractivity contribution in [3.63, 3.8) is 0 Å². The largest absolute Gasteiger partial charge is 0.423 e. The van der Waals surface area contributed by atoms with Gasteiger partial charge in [-0.25, -0.2) is 4.79 Å². The summed E-state index contributed by atoms with van der Waals surface area (Å²) >= 11 is 0. The van der Waals surface area contributed by atoms with Gasteiger partial charge in [0.05, 0.1) is 12.2 Å². The normalized spacial score (nSPS) is 10.6. The average Bonchev–Trinajstić information content (AvgIpc) is 2.71. The van der Waals surface area contributed by atoms with Gasteiger partial charge in [0.15, 0.2) is 0 Å². The fraction of sp³-hybridized carbons (Fsp3) is 0.208. The molecule has 0 aliphatic heterocycles. The predicted molar refractivity (Wildman–Crippen MR) is 108 cm³/mol. The van der Waals surface area contributed by atoms with Crippen LogP contribution >= 0.6 is 0 Å². The van der Waals surface area contributed by atoms with Crippen molar-refractivity contribution in [2.24, 2.45) is 0 Å². The molecule has 3 nitrogen and oxygen atoms in total. The molecule has 0 atom stereocenters. The number of carbonyl (C=O) groups is 1. The molecular formula is C24H24O3. The zero-order valence-corrected chi connectivity index (χ0v) is 15.8. The summed E-state index contributed by atoms with van der Waals surface area (Å²) in [6.07, 6.45) is 2.24. The smallest absolute Gasteiger partial charge is 0.343 e. The van der Waals surface area contributed by atoms with Crippen LogP contribution in [0.2, 0.25) is 0 Å².